The molecule has 0 aromatic heterocycles. The van der Waals surface area contributed by atoms with Crippen molar-refractivity contribution >= 4 is 23.0 Å². The van der Waals surface area contributed by atoms with E-state index in [0.717, 1.165) is 30.8 Å². The molecule has 0 bridgehead atoms. The summed E-state index contributed by atoms with van der Waals surface area (Å²) in [5.74, 6) is 0.830. The summed E-state index contributed by atoms with van der Waals surface area (Å²) >= 11 is 5.35. The van der Waals surface area contributed by atoms with Crippen LogP contribution in [-0.4, -0.2) is 18.3 Å². The smallest absolute Gasteiger partial charge is 0.170 e. The van der Waals surface area contributed by atoms with E-state index in [4.69, 9.17) is 17.0 Å². The highest BCUT2D eigenvalue weighted by Crippen LogP contribution is 2.23. The van der Waals surface area contributed by atoms with Gasteiger partial charge in [-0.25, -0.2) is 0 Å². The molecule has 0 unspecified atom stereocenters. The van der Waals surface area contributed by atoms with Crippen LogP contribution in [0.1, 0.15) is 18.9 Å². The largest absolute Gasteiger partial charge is 0.491 e. The molecule has 3 nitrogen and oxygen atoms in total. The lowest BCUT2D eigenvalue weighted by molar-refractivity contribution is 0.319. The van der Waals surface area contributed by atoms with Gasteiger partial charge in [-0.2, -0.15) is 0 Å². The van der Waals surface area contributed by atoms with E-state index in [1.807, 2.05) is 42.5 Å². The Balaban J connectivity index is 1.81. The molecule has 0 saturated heterocycles. The van der Waals surface area contributed by atoms with Crippen LogP contribution in [0.3, 0.4) is 0 Å². The zero-order chi connectivity index (χ0) is 15.6. The molecule has 2 aromatic rings. The Kier molecular flexibility index (Phi) is 6.71. The van der Waals surface area contributed by atoms with Gasteiger partial charge >= 0.3 is 0 Å². The molecular formula is C18H22N2OS. The Morgan fingerprint density at radius 1 is 1.05 bits per heavy atom. The topological polar surface area (TPSA) is 33.3 Å². The summed E-state index contributed by atoms with van der Waals surface area (Å²) < 4.78 is 5.71. The van der Waals surface area contributed by atoms with Crippen LogP contribution in [0.25, 0.3) is 0 Å². The van der Waals surface area contributed by atoms with Crippen LogP contribution < -0.4 is 15.4 Å². The van der Waals surface area contributed by atoms with Crippen molar-refractivity contribution < 1.29 is 4.74 Å². The lowest BCUT2D eigenvalue weighted by Crippen LogP contribution is -2.30. The van der Waals surface area contributed by atoms with Crippen molar-refractivity contribution in [3.8, 4) is 5.75 Å². The van der Waals surface area contributed by atoms with Crippen LogP contribution >= 0.6 is 12.2 Å². The van der Waals surface area contributed by atoms with Crippen molar-refractivity contribution in [2.45, 2.75) is 19.8 Å². The number of hydrogen-bond acceptors (Lipinski definition) is 2. The van der Waals surface area contributed by atoms with Crippen LogP contribution in [0, 0.1) is 0 Å². The molecule has 0 aliphatic heterocycles. The molecule has 4 heteroatoms. The molecule has 0 atom stereocenters. The highest BCUT2D eigenvalue weighted by Gasteiger charge is 2.04. The second-order valence-electron chi connectivity index (χ2n) is 4.96. The molecule has 22 heavy (non-hydrogen) atoms. The van der Waals surface area contributed by atoms with Gasteiger partial charge in [-0.3, -0.25) is 0 Å². The van der Waals surface area contributed by atoms with Crippen molar-refractivity contribution in [2.24, 2.45) is 0 Å². The molecule has 0 radical (unpaired) electrons. The molecule has 0 aliphatic rings. The Bertz CT molecular complexity index is 587. The van der Waals surface area contributed by atoms with E-state index in [9.17, 15) is 0 Å². The first kappa shape index (κ1) is 16.3. The van der Waals surface area contributed by atoms with E-state index in [2.05, 4.69) is 29.7 Å². The van der Waals surface area contributed by atoms with Gasteiger partial charge in [0.1, 0.15) is 5.75 Å². The van der Waals surface area contributed by atoms with Crippen molar-refractivity contribution in [1.82, 2.24) is 5.32 Å². The number of para-hydroxylation sites is 2. The molecule has 0 saturated carbocycles. The molecule has 0 heterocycles. The predicted octanol–water partition coefficient (Wildman–Crippen LogP) is 4.00. The minimum atomic E-state index is 0.614. The van der Waals surface area contributed by atoms with Crippen LogP contribution in [0.5, 0.6) is 5.75 Å². The third-order valence-electron chi connectivity index (χ3n) is 3.14. The summed E-state index contributed by atoms with van der Waals surface area (Å²) in [5, 5.41) is 7.04. The number of thiocarbonyl (C=S) groups is 1. The quantitative estimate of drug-likeness (QED) is 0.757. The van der Waals surface area contributed by atoms with Crippen molar-refractivity contribution in [1.29, 1.82) is 0 Å². The van der Waals surface area contributed by atoms with E-state index < -0.39 is 0 Å². The molecule has 0 aliphatic carbocycles. The van der Waals surface area contributed by atoms with Crippen molar-refractivity contribution in [2.75, 3.05) is 18.5 Å². The van der Waals surface area contributed by atoms with Gasteiger partial charge in [0.05, 0.1) is 12.3 Å². The second kappa shape index (κ2) is 9.05. The maximum Gasteiger partial charge on any atom is 0.170 e. The number of nitrogens with one attached hydrogen (secondary N) is 2. The monoisotopic (exact) mass is 314 g/mol. The van der Waals surface area contributed by atoms with Crippen molar-refractivity contribution in [3.63, 3.8) is 0 Å². The maximum absolute atomic E-state index is 5.71. The number of ether oxygens (including phenoxy) is 1. The van der Waals surface area contributed by atoms with E-state index in [1.165, 1.54) is 5.56 Å². The Hall–Kier alpha value is -2.07. The lowest BCUT2D eigenvalue weighted by Gasteiger charge is -2.14. The van der Waals surface area contributed by atoms with E-state index >= 15 is 0 Å². The van der Waals surface area contributed by atoms with Crippen LogP contribution in [0.2, 0.25) is 0 Å². The average molecular weight is 314 g/mol. The zero-order valence-corrected chi connectivity index (χ0v) is 13.7. The number of hydrogen-bond donors (Lipinski definition) is 2. The number of rotatable bonds is 7. The van der Waals surface area contributed by atoms with Gasteiger partial charge in [0.15, 0.2) is 5.11 Å². The van der Waals surface area contributed by atoms with Gasteiger partial charge in [0.2, 0.25) is 0 Å². The van der Waals surface area contributed by atoms with Crippen molar-refractivity contribution in [3.05, 3.63) is 60.2 Å². The first-order valence-corrected chi connectivity index (χ1v) is 8.01. The Morgan fingerprint density at radius 2 is 1.77 bits per heavy atom. The molecule has 0 amide bonds. The Morgan fingerprint density at radius 3 is 2.55 bits per heavy atom. The summed E-state index contributed by atoms with van der Waals surface area (Å²) in [6.07, 6.45) is 1.92. The average Bonchev–Trinajstić information content (AvgIpc) is 2.55. The predicted molar refractivity (Wildman–Crippen MR) is 96.6 cm³/mol. The highest BCUT2D eigenvalue weighted by atomic mass is 32.1. The fraction of sp³-hybridized carbons (Fsp3) is 0.278. The number of benzene rings is 2. The van der Waals surface area contributed by atoms with Crippen LogP contribution in [-0.2, 0) is 6.42 Å². The summed E-state index contributed by atoms with van der Waals surface area (Å²) in [4.78, 5) is 0. The standard InChI is InChI=1S/C18H22N2OS/c1-2-14-21-17-11-7-6-10-16(17)20-18(22)19-13-12-15-8-4-3-5-9-15/h3-11H,2,12-14H2,1H3,(H2,19,20,22). The number of anilines is 1. The first-order valence-electron chi connectivity index (χ1n) is 7.60. The second-order valence-corrected chi connectivity index (χ2v) is 5.37. The fourth-order valence-electron chi connectivity index (χ4n) is 2.04. The maximum atomic E-state index is 5.71. The van der Waals surface area contributed by atoms with E-state index in [1.54, 1.807) is 0 Å². The van der Waals surface area contributed by atoms with E-state index in [0.29, 0.717) is 11.7 Å². The Labute approximate surface area is 137 Å². The van der Waals surface area contributed by atoms with Gasteiger partial charge in [-0.1, -0.05) is 49.4 Å². The third-order valence-corrected chi connectivity index (χ3v) is 3.39. The van der Waals surface area contributed by atoms with Crippen LogP contribution in [0.15, 0.2) is 54.6 Å². The van der Waals surface area contributed by atoms with E-state index in [-0.39, 0.29) is 0 Å². The molecule has 0 spiro atoms. The summed E-state index contributed by atoms with van der Waals surface area (Å²) in [6, 6.07) is 18.2. The third kappa shape index (κ3) is 5.37. The molecular weight excluding hydrogens is 292 g/mol. The molecule has 116 valence electrons. The highest BCUT2D eigenvalue weighted by molar-refractivity contribution is 7.80. The summed E-state index contributed by atoms with van der Waals surface area (Å²) in [6.45, 7) is 3.59. The van der Waals surface area contributed by atoms with Gasteiger partial charge < -0.3 is 15.4 Å². The normalized spacial score (nSPS) is 10.0. The minimum absolute atomic E-state index is 0.614. The van der Waals surface area contributed by atoms with Gasteiger partial charge in [-0.05, 0) is 42.8 Å². The molecule has 2 aromatic carbocycles. The summed E-state index contributed by atoms with van der Waals surface area (Å²) in [5.41, 5.74) is 2.19. The molecule has 2 N–H and O–H groups in total. The fourth-order valence-corrected chi connectivity index (χ4v) is 2.25. The van der Waals surface area contributed by atoms with Crippen LogP contribution in [0.4, 0.5) is 5.69 Å². The summed E-state index contributed by atoms with van der Waals surface area (Å²) in [7, 11) is 0. The minimum Gasteiger partial charge on any atom is -0.491 e. The van der Waals surface area contributed by atoms with Gasteiger partial charge in [0, 0.05) is 6.54 Å². The first-order chi connectivity index (χ1) is 10.8. The lowest BCUT2D eigenvalue weighted by atomic mass is 10.1. The SMILES string of the molecule is CCCOc1ccccc1NC(=S)NCCc1ccccc1. The zero-order valence-electron chi connectivity index (χ0n) is 12.8. The van der Waals surface area contributed by atoms with Gasteiger partial charge in [-0.15, -0.1) is 0 Å². The molecule has 2 rings (SSSR count). The van der Waals surface area contributed by atoms with Gasteiger partial charge in [0.25, 0.3) is 0 Å². The molecule has 0 fully saturated rings.